The average molecular weight is 558 g/mol. The first-order valence-corrected chi connectivity index (χ1v) is 13.4. The number of carbonyl (C=O) groups is 2. The van der Waals surface area contributed by atoms with Gasteiger partial charge in [0.05, 0.1) is 26.8 Å². The number of hydrogen-bond acceptors (Lipinski definition) is 4. The fourth-order valence-electron chi connectivity index (χ4n) is 5.18. The summed E-state index contributed by atoms with van der Waals surface area (Å²) >= 11 is 12.4. The van der Waals surface area contributed by atoms with Crippen LogP contribution in [-0.4, -0.2) is 57.8 Å². The van der Waals surface area contributed by atoms with Crippen molar-refractivity contribution in [1.29, 1.82) is 0 Å². The van der Waals surface area contributed by atoms with Gasteiger partial charge >= 0.3 is 0 Å². The Labute approximate surface area is 235 Å². The van der Waals surface area contributed by atoms with Gasteiger partial charge in [0.15, 0.2) is 0 Å². The highest BCUT2D eigenvalue weighted by molar-refractivity contribution is 6.42. The molecule has 2 amide bonds. The number of nitrogens with one attached hydrogen (secondary N) is 1. The van der Waals surface area contributed by atoms with E-state index in [1.54, 1.807) is 24.4 Å². The van der Waals surface area contributed by atoms with Gasteiger partial charge in [-0.2, -0.15) is 0 Å². The van der Waals surface area contributed by atoms with Crippen molar-refractivity contribution < 1.29 is 9.59 Å². The quantitative estimate of drug-likeness (QED) is 0.287. The van der Waals surface area contributed by atoms with Crippen LogP contribution in [0.2, 0.25) is 10.0 Å². The normalized spacial score (nSPS) is 14.3. The molecular weight excluding hydrogens is 533 g/mol. The first kappa shape index (κ1) is 25.4. The summed E-state index contributed by atoms with van der Waals surface area (Å²) in [7, 11) is 0. The average Bonchev–Trinajstić information content (AvgIpc) is 3.32. The monoisotopic (exact) mass is 557 g/mol. The molecule has 0 unspecified atom stereocenters. The fourth-order valence-corrected chi connectivity index (χ4v) is 5.48. The third-order valence-corrected chi connectivity index (χ3v) is 7.98. The molecule has 3 heterocycles. The van der Waals surface area contributed by atoms with Crippen LogP contribution >= 0.6 is 23.2 Å². The molecule has 0 spiro atoms. The van der Waals surface area contributed by atoms with E-state index in [4.69, 9.17) is 28.9 Å². The summed E-state index contributed by atoms with van der Waals surface area (Å²) in [4.78, 5) is 37.8. The third kappa shape index (κ3) is 4.96. The highest BCUT2D eigenvalue weighted by Gasteiger charge is 2.23. The summed E-state index contributed by atoms with van der Waals surface area (Å²) in [5, 5.41) is 2.51. The van der Waals surface area contributed by atoms with E-state index in [9.17, 15) is 9.59 Å². The maximum Gasteiger partial charge on any atom is 0.253 e. The molecule has 2 aromatic heterocycles. The van der Waals surface area contributed by atoms with Gasteiger partial charge in [-0.3, -0.25) is 19.5 Å². The summed E-state index contributed by atoms with van der Waals surface area (Å²) in [6.07, 6.45) is 1.80. The Kier molecular flexibility index (Phi) is 6.73. The highest BCUT2D eigenvalue weighted by Crippen LogP contribution is 2.35. The number of carbonyl (C=O) groups excluding carboxylic acids is 2. The van der Waals surface area contributed by atoms with Crippen molar-refractivity contribution in [2.75, 3.05) is 26.2 Å². The van der Waals surface area contributed by atoms with Gasteiger partial charge in [-0.05, 0) is 65.7 Å². The minimum absolute atomic E-state index is 0.0144. The molecule has 3 N–H and O–H groups in total. The summed E-state index contributed by atoms with van der Waals surface area (Å²) in [6.45, 7) is 3.63. The molecule has 7 nitrogen and oxygen atoms in total. The minimum atomic E-state index is -0.548. The predicted octanol–water partition coefficient (Wildman–Crippen LogP) is 5.75. The van der Waals surface area contributed by atoms with Crippen LogP contribution in [0.3, 0.4) is 0 Å². The lowest BCUT2D eigenvalue weighted by molar-refractivity contribution is 0.0627. The van der Waals surface area contributed by atoms with Gasteiger partial charge in [-0.15, -0.1) is 0 Å². The number of piperazine rings is 1. The molecule has 5 aromatic rings. The van der Waals surface area contributed by atoms with Crippen LogP contribution in [0.5, 0.6) is 0 Å². The van der Waals surface area contributed by atoms with Crippen molar-refractivity contribution >= 4 is 56.8 Å². The first-order chi connectivity index (χ1) is 18.9. The zero-order valence-electron chi connectivity index (χ0n) is 21.0. The van der Waals surface area contributed by atoms with Crippen LogP contribution in [0.4, 0.5) is 0 Å². The van der Waals surface area contributed by atoms with E-state index in [0.29, 0.717) is 39.8 Å². The van der Waals surface area contributed by atoms with Crippen molar-refractivity contribution in [3.05, 3.63) is 99.8 Å². The topological polar surface area (TPSA) is 95.3 Å². The number of hydrogen-bond donors (Lipinski definition) is 2. The van der Waals surface area contributed by atoms with Gasteiger partial charge in [-0.1, -0.05) is 35.3 Å². The van der Waals surface area contributed by atoms with E-state index < -0.39 is 5.91 Å². The largest absolute Gasteiger partial charge is 0.366 e. The van der Waals surface area contributed by atoms with E-state index in [1.807, 2.05) is 53.4 Å². The van der Waals surface area contributed by atoms with E-state index in [2.05, 4.69) is 14.9 Å². The van der Waals surface area contributed by atoms with Crippen molar-refractivity contribution in [3.63, 3.8) is 0 Å². The number of nitrogens with two attached hydrogens (primary N) is 1. The van der Waals surface area contributed by atoms with Crippen LogP contribution in [0.1, 0.15) is 26.4 Å². The Morgan fingerprint density at radius 1 is 0.872 bits per heavy atom. The lowest BCUT2D eigenvalue weighted by Gasteiger charge is -2.34. The molecule has 1 saturated heterocycles. The summed E-state index contributed by atoms with van der Waals surface area (Å²) in [5.74, 6) is -0.562. The first-order valence-electron chi connectivity index (χ1n) is 12.6. The Balaban J connectivity index is 1.31. The lowest BCUT2D eigenvalue weighted by Crippen LogP contribution is -2.48. The third-order valence-electron chi connectivity index (χ3n) is 7.24. The molecule has 6 rings (SSSR count). The number of rotatable bonds is 5. The van der Waals surface area contributed by atoms with Crippen molar-refractivity contribution in [2.24, 2.45) is 5.73 Å². The van der Waals surface area contributed by atoms with Crippen molar-refractivity contribution in [2.45, 2.75) is 6.54 Å². The highest BCUT2D eigenvalue weighted by atomic mass is 35.5. The zero-order valence-corrected chi connectivity index (χ0v) is 22.5. The van der Waals surface area contributed by atoms with Gasteiger partial charge in [-0.25, -0.2) is 0 Å². The van der Waals surface area contributed by atoms with Crippen molar-refractivity contribution in [3.8, 4) is 11.1 Å². The number of primary amides is 1. The van der Waals surface area contributed by atoms with Gasteiger partial charge in [0, 0.05) is 60.8 Å². The Morgan fingerprint density at radius 2 is 1.69 bits per heavy atom. The maximum absolute atomic E-state index is 13.5. The van der Waals surface area contributed by atoms with Gasteiger partial charge in [0.2, 0.25) is 0 Å². The molecular formula is C30H25Cl2N5O2. The lowest BCUT2D eigenvalue weighted by atomic mass is 9.98. The molecule has 1 aliphatic heterocycles. The number of H-pyrrole nitrogens is 1. The van der Waals surface area contributed by atoms with Gasteiger partial charge in [0.25, 0.3) is 11.8 Å². The number of fused-ring (bicyclic) bond motifs is 3. The Morgan fingerprint density at radius 3 is 2.41 bits per heavy atom. The van der Waals surface area contributed by atoms with E-state index in [1.165, 1.54) is 0 Å². The number of halogens is 2. The molecule has 196 valence electrons. The number of aromatic nitrogens is 2. The fraction of sp³-hybridized carbons (Fsp3) is 0.167. The molecule has 1 aliphatic rings. The maximum atomic E-state index is 13.5. The predicted molar refractivity (Wildman–Crippen MR) is 155 cm³/mol. The van der Waals surface area contributed by atoms with Crippen LogP contribution in [0, 0.1) is 0 Å². The summed E-state index contributed by atoms with van der Waals surface area (Å²) in [5.41, 5.74) is 10.8. The molecule has 39 heavy (non-hydrogen) atoms. The number of pyridine rings is 1. The minimum Gasteiger partial charge on any atom is -0.366 e. The van der Waals surface area contributed by atoms with Crippen LogP contribution < -0.4 is 5.73 Å². The second kappa shape index (κ2) is 10.3. The van der Waals surface area contributed by atoms with E-state index in [0.717, 1.165) is 52.7 Å². The van der Waals surface area contributed by atoms with Crippen LogP contribution in [-0.2, 0) is 6.54 Å². The van der Waals surface area contributed by atoms with Crippen LogP contribution in [0.25, 0.3) is 32.9 Å². The smallest absolute Gasteiger partial charge is 0.253 e. The van der Waals surface area contributed by atoms with Crippen LogP contribution in [0.15, 0.2) is 72.9 Å². The molecule has 9 heteroatoms. The molecule has 0 radical (unpaired) electrons. The second-order valence-corrected chi connectivity index (χ2v) is 10.5. The van der Waals surface area contributed by atoms with Gasteiger partial charge in [0.1, 0.15) is 0 Å². The standard InChI is InChI=1S/C30H25Cl2N5O2/c31-25-6-4-18(16-26(25)32)20-14-23-22-13-19(5-7-27(22)35-28(23)24(15-20)29(33)38)30(39)37-11-9-36(10-12-37)17-21-3-1-2-8-34-21/h1-8,13-16,35H,9-12,17H2,(H2,33,38). The second-order valence-electron chi connectivity index (χ2n) is 9.71. The number of nitrogens with zero attached hydrogens (tertiary/aromatic N) is 3. The molecule has 3 aromatic carbocycles. The number of aromatic amines is 1. The van der Waals surface area contributed by atoms with Crippen molar-refractivity contribution in [1.82, 2.24) is 19.8 Å². The van der Waals surface area contributed by atoms with E-state index in [-0.39, 0.29) is 5.91 Å². The Hall–Kier alpha value is -3.91. The molecule has 1 fully saturated rings. The number of benzene rings is 3. The summed E-state index contributed by atoms with van der Waals surface area (Å²) in [6, 6.07) is 20.6. The molecule has 0 aliphatic carbocycles. The molecule has 0 bridgehead atoms. The molecule has 0 atom stereocenters. The summed E-state index contributed by atoms with van der Waals surface area (Å²) < 4.78 is 0. The number of amides is 2. The van der Waals surface area contributed by atoms with E-state index >= 15 is 0 Å². The Bertz CT molecular complexity index is 1730. The zero-order chi connectivity index (χ0) is 27.1. The van der Waals surface area contributed by atoms with Gasteiger partial charge < -0.3 is 15.6 Å². The SMILES string of the molecule is NC(=O)c1cc(-c2ccc(Cl)c(Cl)c2)cc2c1[nH]c1ccc(C(=O)N3CCN(Cc4ccccn4)CC3)cc12. The molecule has 0 saturated carbocycles.